The Kier molecular flexibility index (Phi) is 5.83. The van der Waals surface area contributed by atoms with Gasteiger partial charge in [-0.15, -0.1) is 0 Å². The maximum atomic E-state index is 11.7. The maximum absolute atomic E-state index is 11.7. The molecule has 2 amide bonds. The van der Waals surface area contributed by atoms with E-state index in [1.807, 2.05) is 24.3 Å². The van der Waals surface area contributed by atoms with Crippen LogP contribution < -0.4 is 10.1 Å². The molecule has 0 spiro atoms. The van der Waals surface area contributed by atoms with Gasteiger partial charge in [-0.3, -0.25) is 0 Å². The lowest BCUT2D eigenvalue weighted by Gasteiger charge is -2.17. The highest BCUT2D eigenvalue weighted by Crippen LogP contribution is 2.15. The normalized spacial score (nSPS) is 9.82. The van der Waals surface area contributed by atoms with E-state index in [1.54, 1.807) is 19.1 Å². The lowest BCUT2D eigenvalue weighted by molar-refractivity contribution is 0.222. The second-order valence-corrected chi connectivity index (χ2v) is 4.42. The van der Waals surface area contributed by atoms with E-state index in [1.165, 1.54) is 0 Å². The molecule has 1 aromatic rings. The van der Waals surface area contributed by atoms with Crippen molar-refractivity contribution in [2.75, 3.05) is 31.3 Å². The number of rotatable bonds is 5. The van der Waals surface area contributed by atoms with Gasteiger partial charge >= 0.3 is 6.03 Å². The zero-order valence-electron chi connectivity index (χ0n) is 10.1. The van der Waals surface area contributed by atoms with Crippen molar-refractivity contribution in [2.45, 2.75) is 6.42 Å². The van der Waals surface area contributed by atoms with E-state index in [0.717, 1.165) is 29.7 Å². The second kappa shape index (κ2) is 7.17. The van der Waals surface area contributed by atoms with Gasteiger partial charge in [0.2, 0.25) is 0 Å². The fourth-order valence-electron chi connectivity index (χ4n) is 1.29. The fraction of sp³-hybridized carbons (Fsp3) is 0.417. The summed E-state index contributed by atoms with van der Waals surface area (Å²) in [5.74, 6) is 0.774. The van der Waals surface area contributed by atoms with Crippen LogP contribution in [0.3, 0.4) is 0 Å². The number of nitrogens with one attached hydrogen (secondary N) is 1. The Balaban J connectivity index is 2.49. The first-order chi connectivity index (χ1) is 8.17. The van der Waals surface area contributed by atoms with Gasteiger partial charge in [-0.05, 0) is 30.7 Å². The van der Waals surface area contributed by atoms with Crippen LogP contribution in [0.5, 0.6) is 5.75 Å². The summed E-state index contributed by atoms with van der Waals surface area (Å²) in [5, 5.41) is 3.71. The molecule has 0 fully saturated rings. The molecule has 17 heavy (non-hydrogen) atoms. The number of amides is 2. The molecule has 0 aliphatic carbocycles. The van der Waals surface area contributed by atoms with Crippen molar-refractivity contribution in [1.82, 2.24) is 4.90 Å². The minimum atomic E-state index is -0.101. The Hall–Kier alpha value is -1.23. The van der Waals surface area contributed by atoms with Crippen molar-refractivity contribution < 1.29 is 9.53 Å². The van der Waals surface area contributed by atoms with Crippen molar-refractivity contribution in [2.24, 2.45) is 0 Å². The van der Waals surface area contributed by atoms with Crippen LogP contribution in [-0.2, 0) is 0 Å². The van der Waals surface area contributed by atoms with Crippen molar-refractivity contribution in [3.05, 3.63) is 24.3 Å². The zero-order chi connectivity index (χ0) is 12.7. The smallest absolute Gasteiger partial charge is 0.321 e. The van der Waals surface area contributed by atoms with E-state index in [9.17, 15) is 4.79 Å². The largest absolute Gasteiger partial charge is 0.497 e. The van der Waals surface area contributed by atoms with Gasteiger partial charge in [-0.2, -0.15) is 0 Å². The van der Waals surface area contributed by atoms with Crippen molar-refractivity contribution >= 4 is 27.6 Å². The van der Waals surface area contributed by atoms with Crippen molar-refractivity contribution in [3.8, 4) is 5.75 Å². The highest BCUT2D eigenvalue weighted by Gasteiger charge is 2.07. The highest BCUT2D eigenvalue weighted by atomic mass is 79.9. The number of hydrogen-bond donors (Lipinski definition) is 1. The lowest BCUT2D eigenvalue weighted by atomic mass is 10.3. The van der Waals surface area contributed by atoms with Gasteiger partial charge in [0.25, 0.3) is 0 Å². The molecule has 0 aromatic heterocycles. The summed E-state index contributed by atoms with van der Waals surface area (Å²) in [7, 11) is 3.39. The molecule has 1 rings (SSSR count). The Morgan fingerprint density at radius 2 is 2.06 bits per heavy atom. The minimum absolute atomic E-state index is 0.101. The Labute approximate surface area is 110 Å². The van der Waals surface area contributed by atoms with Crippen LogP contribution in [0, 0.1) is 0 Å². The third-order valence-corrected chi connectivity index (χ3v) is 2.88. The average molecular weight is 301 g/mol. The number of halogens is 1. The number of ether oxygens (including phenoxy) is 1. The third kappa shape index (κ3) is 4.65. The number of carbonyl (C=O) groups is 1. The molecular weight excluding hydrogens is 284 g/mol. The number of nitrogens with zero attached hydrogens (tertiary/aromatic N) is 1. The summed E-state index contributed by atoms with van der Waals surface area (Å²) >= 11 is 3.34. The molecule has 0 heterocycles. The molecule has 0 radical (unpaired) electrons. The SMILES string of the molecule is COc1ccc(NC(=O)N(C)CCCBr)cc1. The summed E-state index contributed by atoms with van der Waals surface area (Å²) in [4.78, 5) is 13.4. The second-order valence-electron chi connectivity index (χ2n) is 3.62. The number of hydrogen-bond acceptors (Lipinski definition) is 2. The number of benzene rings is 1. The van der Waals surface area contributed by atoms with Crippen LogP contribution in [0.2, 0.25) is 0 Å². The van der Waals surface area contributed by atoms with Gasteiger partial charge < -0.3 is 15.0 Å². The molecule has 1 aromatic carbocycles. The lowest BCUT2D eigenvalue weighted by Crippen LogP contribution is -2.32. The number of methoxy groups -OCH3 is 1. The van der Waals surface area contributed by atoms with E-state index >= 15 is 0 Å². The van der Waals surface area contributed by atoms with E-state index in [0.29, 0.717) is 0 Å². The van der Waals surface area contributed by atoms with Gasteiger partial charge in [0, 0.05) is 24.6 Å². The summed E-state index contributed by atoms with van der Waals surface area (Å²) in [5.41, 5.74) is 0.765. The van der Waals surface area contributed by atoms with Crippen LogP contribution in [-0.4, -0.2) is 37.0 Å². The number of alkyl halides is 1. The maximum Gasteiger partial charge on any atom is 0.321 e. The van der Waals surface area contributed by atoms with Crippen LogP contribution in [0.25, 0.3) is 0 Å². The molecule has 0 aliphatic heterocycles. The van der Waals surface area contributed by atoms with E-state index in [-0.39, 0.29) is 6.03 Å². The first kappa shape index (κ1) is 13.8. The molecule has 0 saturated carbocycles. The average Bonchev–Trinajstić information content (AvgIpc) is 2.36. The molecule has 0 bridgehead atoms. The van der Waals surface area contributed by atoms with E-state index in [2.05, 4.69) is 21.2 Å². The molecule has 0 aliphatic rings. The zero-order valence-corrected chi connectivity index (χ0v) is 11.7. The van der Waals surface area contributed by atoms with Crippen LogP contribution in [0.4, 0.5) is 10.5 Å². The summed E-state index contributed by atoms with van der Waals surface area (Å²) in [6, 6.07) is 7.16. The molecule has 1 N–H and O–H groups in total. The standard InChI is InChI=1S/C12H17BrN2O2/c1-15(9-3-8-13)12(16)14-10-4-6-11(17-2)7-5-10/h4-7H,3,8-9H2,1-2H3,(H,14,16). The quantitative estimate of drug-likeness (QED) is 0.850. The summed E-state index contributed by atoms with van der Waals surface area (Å²) in [6.07, 6.45) is 0.937. The predicted molar refractivity (Wildman–Crippen MR) is 73.1 cm³/mol. The van der Waals surface area contributed by atoms with Crippen LogP contribution in [0.1, 0.15) is 6.42 Å². The van der Waals surface area contributed by atoms with Gasteiger partial charge in [-0.1, -0.05) is 15.9 Å². The molecule has 94 valence electrons. The Bertz CT molecular complexity index is 354. The summed E-state index contributed by atoms with van der Waals surface area (Å²) in [6.45, 7) is 0.729. The monoisotopic (exact) mass is 300 g/mol. The molecule has 0 saturated heterocycles. The predicted octanol–water partition coefficient (Wildman–Crippen LogP) is 2.94. The van der Waals surface area contributed by atoms with E-state index < -0.39 is 0 Å². The minimum Gasteiger partial charge on any atom is -0.497 e. The number of anilines is 1. The fourth-order valence-corrected chi connectivity index (χ4v) is 1.54. The Morgan fingerprint density at radius 1 is 1.41 bits per heavy atom. The molecule has 4 nitrogen and oxygen atoms in total. The van der Waals surface area contributed by atoms with Crippen LogP contribution in [0.15, 0.2) is 24.3 Å². The molecule has 5 heteroatoms. The molecule has 0 unspecified atom stereocenters. The van der Waals surface area contributed by atoms with E-state index in [4.69, 9.17) is 4.74 Å². The topological polar surface area (TPSA) is 41.6 Å². The third-order valence-electron chi connectivity index (χ3n) is 2.32. The van der Waals surface area contributed by atoms with Crippen LogP contribution >= 0.6 is 15.9 Å². The molecular formula is C12H17BrN2O2. The highest BCUT2D eigenvalue weighted by molar-refractivity contribution is 9.09. The number of urea groups is 1. The van der Waals surface area contributed by atoms with Gasteiger partial charge in [0.05, 0.1) is 7.11 Å². The molecule has 0 atom stereocenters. The first-order valence-electron chi connectivity index (χ1n) is 5.39. The first-order valence-corrected chi connectivity index (χ1v) is 6.51. The van der Waals surface area contributed by atoms with Crippen molar-refractivity contribution in [3.63, 3.8) is 0 Å². The Morgan fingerprint density at radius 3 is 2.59 bits per heavy atom. The van der Waals surface area contributed by atoms with Gasteiger partial charge in [-0.25, -0.2) is 4.79 Å². The van der Waals surface area contributed by atoms with Gasteiger partial charge in [0.1, 0.15) is 5.75 Å². The summed E-state index contributed by atoms with van der Waals surface area (Å²) < 4.78 is 5.05. The van der Waals surface area contributed by atoms with Gasteiger partial charge in [0.15, 0.2) is 0 Å². The van der Waals surface area contributed by atoms with Crippen molar-refractivity contribution in [1.29, 1.82) is 0 Å². The number of carbonyl (C=O) groups excluding carboxylic acids is 1.